The molecule has 84 valence electrons. The van der Waals surface area contributed by atoms with Gasteiger partial charge in [0.25, 0.3) is 0 Å². The van der Waals surface area contributed by atoms with Gasteiger partial charge in [0.1, 0.15) is 0 Å². The molecule has 0 saturated carbocycles. The third-order valence-electron chi connectivity index (χ3n) is 2.14. The van der Waals surface area contributed by atoms with Crippen LogP contribution >= 0.6 is 15.9 Å². The van der Waals surface area contributed by atoms with Crippen LogP contribution in [0.4, 0.5) is 0 Å². The van der Waals surface area contributed by atoms with Crippen molar-refractivity contribution < 1.29 is 9.89 Å². The molecule has 0 fully saturated rings. The van der Waals surface area contributed by atoms with Crippen LogP contribution in [-0.2, 0) is 7.05 Å². The Morgan fingerprint density at radius 2 is 2.06 bits per heavy atom. The maximum Gasteiger partial charge on any atom is 0.319 e. The summed E-state index contributed by atoms with van der Waals surface area (Å²) in [5, 5.41) is 19.3. The van der Waals surface area contributed by atoms with Gasteiger partial charge in [-0.3, -0.25) is 0 Å². The first-order chi connectivity index (χ1) is 7.65. The van der Waals surface area contributed by atoms with E-state index in [1.54, 1.807) is 19.2 Å². The fraction of sp³-hybridized carbons (Fsp3) is 0.273. The molecule has 16 heavy (non-hydrogen) atoms. The van der Waals surface area contributed by atoms with Gasteiger partial charge in [-0.2, -0.15) is 5.26 Å². The number of rotatable bonds is 0. The van der Waals surface area contributed by atoms with Crippen molar-refractivity contribution in [3.8, 4) is 6.07 Å². The average Bonchev–Trinajstić information content (AvgIpc) is 2.55. The van der Waals surface area contributed by atoms with E-state index in [0.717, 1.165) is 14.7 Å². The van der Waals surface area contributed by atoms with Crippen LogP contribution in [0.15, 0.2) is 22.7 Å². The number of fused-ring (bicyclic) bond motifs is 1. The number of hydrogen-bond acceptors (Lipinski definition) is 2. The molecule has 0 aliphatic carbocycles. The van der Waals surface area contributed by atoms with Crippen LogP contribution in [0.2, 0.25) is 0 Å². The monoisotopic (exact) mass is 282 g/mol. The van der Waals surface area contributed by atoms with Crippen LogP contribution < -0.4 is 4.68 Å². The summed E-state index contributed by atoms with van der Waals surface area (Å²) in [6, 6.07) is 7.44. The molecule has 2 aromatic rings. The van der Waals surface area contributed by atoms with Crippen molar-refractivity contribution in [3.63, 3.8) is 0 Å². The molecule has 0 aliphatic rings. The maximum atomic E-state index is 9.64. The van der Waals surface area contributed by atoms with E-state index in [-0.39, 0.29) is 0 Å². The molecule has 1 N–H and O–H groups in total. The molecule has 0 amide bonds. The van der Waals surface area contributed by atoms with Gasteiger partial charge in [-0.25, -0.2) is 0 Å². The Balaban J connectivity index is 0.000000606. The Morgan fingerprint density at radius 3 is 2.62 bits per heavy atom. The third kappa shape index (κ3) is 1.89. The van der Waals surface area contributed by atoms with E-state index in [1.165, 1.54) is 4.68 Å². The van der Waals surface area contributed by atoms with Gasteiger partial charge < -0.3 is 5.21 Å². The number of aromatic nitrogens is 2. The van der Waals surface area contributed by atoms with Gasteiger partial charge >= 0.3 is 5.69 Å². The van der Waals surface area contributed by atoms with Crippen molar-refractivity contribution in [2.45, 2.75) is 13.8 Å². The maximum absolute atomic E-state index is 9.64. The second-order valence-electron chi connectivity index (χ2n) is 2.93. The largest absolute Gasteiger partial charge is 0.383 e. The molecule has 0 atom stereocenters. The topological polar surface area (TPSA) is 52.8 Å². The van der Waals surface area contributed by atoms with Gasteiger partial charge in [0.15, 0.2) is 18.6 Å². The molecular formula is C11H13BrN3O+. The molecule has 0 saturated heterocycles. The van der Waals surface area contributed by atoms with E-state index in [2.05, 4.69) is 15.9 Å². The van der Waals surface area contributed by atoms with E-state index in [1.807, 2.05) is 26.0 Å². The Hall–Kier alpha value is -1.54. The zero-order valence-corrected chi connectivity index (χ0v) is 11.0. The smallest absolute Gasteiger partial charge is 0.319 e. The zero-order valence-electron chi connectivity index (χ0n) is 9.40. The van der Waals surface area contributed by atoms with Crippen LogP contribution in [0, 0.1) is 11.3 Å². The first-order valence-corrected chi connectivity index (χ1v) is 5.74. The summed E-state index contributed by atoms with van der Waals surface area (Å²) in [5.41, 5.74) is 1.05. The molecule has 0 spiro atoms. The van der Waals surface area contributed by atoms with Crippen LogP contribution in [0.25, 0.3) is 10.9 Å². The van der Waals surface area contributed by atoms with E-state index >= 15 is 0 Å². The Labute approximate surface area is 102 Å². The highest BCUT2D eigenvalue weighted by atomic mass is 79.9. The normalized spacial score (nSPS) is 9.44. The number of halogens is 1. The van der Waals surface area contributed by atoms with Crippen LogP contribution in [0.5, 0.6) is 0 Å². The second kappa shape index (κ2) is 4.99. The summed E-state index contributed by atoms with van der Waals surface area (Å²) in [4.78, 5) is 0.957. The van der Waals surface area contributed by atoms with Crippen molar-refractivity contribution in [1.82, 2.24) is 4.85 Å². The predicted molar refractivity (Wildman–Crippen MR) is 64.1 cm³/mol. The highest BCUT2D eigenvalue weighted by molar-refractivity contribution is 9.10. The molecule has 1 aromatic heterocycles. The molecule has 0 bridgehead atoms. The number of benzene rings is 1. The first kappa shape index (κ1) is 12.5. The lowest BCUT2D eigenvalue weighted by molar-refractivity contribution is -0.779. The van der Waals surface area contributed by atoms with Crippen molar-refractivity contribution in [2.75, 3.05) is 0 Å². The summed E-state index contributed by atoms with van der Waals surface area (Å²) in [7, 11) is 1.63. The van der Waals surface area contributed by atoms with E-state index in [0.29, 0.717) is 11.2 Å². The average molecular weight is 283 g/mol. The van der Waals surface area contributed by atoms with Crippen molar-refractivity contribution in [3.05, 3.63) is 28.4 Å². The van der Waals surface area contributed by atoms with Crippen LogP contribution in [0.3, 0.4) is 0 Å². The summed E-state index contributed by atoms with van der Waals surface area (Å²) in [6.45, 7) is 4.00. The van der Waals surface area contributed by atoms with Gasteiger partial charge in [-0.15, -0.1) is 0 Å². The molecule has 0 unspecified atom stereocenters. The lowest BCUT2D eigenvalue weighted by Crippen LogP contribution is -2.40. The Morgan fingerprint density at radius 1 is 1.44 bits per heavy atom. The fourth-order valence-electron chi connectivity index (χ4n) is 1.43. The van der Waals surface area contributed by atoms with Gasteiger partial charge in [0, 0.05) is 9.32 Å². The number of nitrogens with zero attached hydrogens (tertiary/aromatic N) is 3. The molecule has 1 heterocycles. The Kier molecular flexibility index (Phi) is 3.91. The Bertz CT molecular complexity index is 554. The highest BCUT2D eigenvalue weighted by Crippen LogP contribution is 2.20. The molecule has 0 radical (unpaired) electrons. The lowest BCUT2D eigenvalue weighted by atomic mass is 10.2. The summed E-state index contributed by atoms with van der Waals surface area (Å²) in [5.74, 6) is 0. The first-order valence-electron chi connectivity index (χ1n) is 4.95. The summed E-state index contributed by atoms with van der Waals surface area (Å²) >= 11 is 3.31. The quantitative estimate of drug-likeness (QED) is 0.596. The molecular weight excluding hydrogens is 270 g/mol. The summed E-state index contributed by atoms with van der Waals surface area (Å²) in [6.07, 6.45) is 0. The zero-order chi connectivity index (χ0) is 12.3. The number of nitriles is 1. The third-order valence-corrected chi connectivity index (χ3v) is 2.64. The van der Waals surface area contributed by atoms with Crippen molar-refractivity contribution in [2.24, 2.45) is 7.05 Å². The van der Waals surface area contributed by atoms with E-state index in [4.69, 9.17) is 5.26 Å². The van der Waals surface area contributed by atoms with Gasteiger partial charge in [-0.1, -0.05) is 34.5 Å². The predicted octanol–water partition coefficient (Wildman–Crippen LogP) is 2.36. The summed E-state index contributed by atoms with van der Waals surface area (Å²) < 4.78 is 2.26. The second-order valence-corrected chi connectivity index (χ2v) is 3.85. The SMILES string of the molecule is CC.C[n+]1c(C#N)c2ccc(Br)cc2n1O. The minimum Gasteiger partial charge on any atom is -0.383 e. The lowest BCUT2D eigenvalue weighted by Gasteiger charge is -1.89. The minimum absolute atomic E-state index is 0.440. The van der Waals surface area contributed by atoms with Gasteiger partial charge in [0.2, 0.25) is 0 Å². The standard InChI is InChI=1S/C9H7BrN3O.C2H6/c1-12-9(5-11)7-3-2-6(10)4-8(7)13(12)14;1-2/h2-4,14H,1H3;1-2H3/q+1;. The van der Waals surface area contributed by atoms with Crippen molar-refractivity contribution in [1.29, 1.82) is 5.26 Å². The minimum atomic E-state index is 0.440. The van der Waals surface area contributed by atoms with Gasteiger partial charge in [-0.05, 0) is 18.2 Å². The molecule has 5 heteroatoms. The van der Waals surface area contributed by atoms with Crippen LogP contribution in [0.1, 0.15) is 19.5 Å². The van der Waals surface area contributed by atoms with E-state index in [9.17, 15) is 5.21 Å². The van der Waals surface area contributed by atoms with Crippen molar-refractivity contribution >= 4 is 26.8 Å². The molecule has 2 rings (SSSR count). The van der Waals surface area contributed by atoms with Gasteiger partial charge in [0.05, 0.1) is 5.39 Å². The molecule has 0 aliphatic heterocycles. The number of hydrogen-bond donors (Lipinski definition) is 1. The van der Waals surface area contributed by atoms with E-state index < -0.39 is 0 Å². The molecule has 1 aromatic carbocycles. The fourth-order valence-corrected chi connectivity index (χ4v) is 1.78. The molecule has 4 nitrogen and oxygen atoms in total. The van der Waals surface area contributed by atoms with Crippen LogP contribution in [-0.4, -0.2) is 10.1 Å². The highest BCUT2D eigenvalue weighted by Gasteiger charge is 2.21.